The highest BCUT2D eigenvalue weighted by atomic mass is 32.1. The number of rotatable bonds is 4. The molecule has 6 heteroatoms. The lowest BCUT2D eigenvalue weighted by molar-refractivity contribution is -0.148. The highest BCUT2D eigenvalue weighted by Gasteiger charge is 2.38. The van der Waals surface area contributed by atoms with E-state index >= 15 is 0 Å². The van der Waals surface area contributed by atoms with Gasteiger partial charge >= 0.3 is 5.97 Å². The van der Waals surface area contributed by atoms with Crippen molar-refractivity contribution < 1.29 is 19.8 Å². The number of carbonyl (C=O) groups excluding carboxylic acids is 1. The summed E-state index contributed by atoms with van der Waals surface area (Å²) in [7, 11) is 0. The summed E-state index contributed by atoms with van der Waals surface area (Å²) in [6.07, 6.45) is 0.309. The van der Waals surface area contributed by atoms with E-state index in [9.17, 15) is 14.7 Å². The standard InChI is InChI=1S/C12H15NO4S/c14-8-6-10(12(16)17)13(7-8)11(15)4-3-9-2-1-5-18-9/h1-2,5,8,10,14H,3-4,6-7H2,(H,16,17)/t8-,10-/m0/s1. The molecule has 0 bridgehead atoms. The van der Waals surface area contributed by atoms with Gasteiger partial charge in [-0.2, -0.15) is 0 Å². The second-order valence-corrected chi connectivity index (χ2v) is 5.40. The minimum atomic E-state index is -1.05. The molecule has 2 N–H and O–H groups in total. The first kappa shape index (κ1) is 13.0. The molecule has 1 saturated heterocycles. The lowest BCUT2D eigenvalue weighted by Crippen LogP contribution is -2.40. The predicted octanol–water partition coefficient (Wildman–Crippen LogP) is 0.727. The fraction of sp³-hybridized carbons (Fsp3) is 0.500. The number of aliphatic hydroxyl groups excluding tert-OH is 1. The highest BCUT2D eigenvalue weighted by Crippen LogP contribution is 2.20. The number of aliphatic carboxylic acids is 1. The van der Waals surface area contributed by atoms with E-state index < -0.39 is 18.1 Å². The molecule has 1 aliphatic rings. The van der Waals surface area contributed by atoms with Gasteiger partial charge in [0.25, 0.3) is 0 Å². The van der Waals surface area contributed by atoms with Crippen LogP contribution in [0.3, 0.4) is 0 Å². The molecule has 0 aliphatic carbocycles. The summed E-state index contributed by atoms with van der Waals surface area (Å²) in [5.41, 5.74) is 0. The summed E-state index contributed by atoms with van der Waals surface area (Å²) in [5.74, 6) is -1.25. The number of β-amino-alcohol motifs (C(OH)–C–C–N with tert-alkyl or cyclic N) is 1. The minimum Gasteiger partial charge on any atom is -0.480 e. The second kappa shape index (κ2) is 5.49. The van der Waals surface area contributed by atoms with Crippen LogP contribution in [0.25, 0.3) is 0 Å². The summed E-state index contributed by atoms with van der Waals surface area (Å²) in [4.78, 5) is 25.3. The molecule has 98 valence electrons. The number of carboxylic acid groups (broad SMARTS) is 1. The van der Waals surface area contributed by atoms with Crippen LogP contribution < -0.4 is 0 Å². The second-order valence-electron chi connectivity index (χ2n) is 4.37. The lowest BCUT2D eigenvalue weighted by atomic mass is 10.2. The molecule has 0 aromatic carbocycles. The summed E-state index contributed by atoms with van der Waals surface area (Å²) in [6, 6.07) is 2.99. The Labute approximate surface area is 109 Å². The van der Waals surface area contributed by atoms with Gasteiger partial charge in [0, 0.05) is 24.3 Å². The molecule has 2 atom stereocenters. The number of nitrogens with zero attached hydrogens (tertiary/aromatic N) is 1. The Kier molecular flexibility index (Phi) is 3.98. The molecular weight excluding hydrogens is 254 g/mol. The zero-order valence-corrected chi connectivity index (χ0v) is 10.6. The van der Waals surface area contributed by atoms with Crippen LogP contribution in [0.15, 0.2) is 17.5 Å². The van der Waals surface area contributed by atoms with E-state index in [4.69, 9.17) is 5.11 Å². The number of hydrogen-bond donors (Lipinski definition) is 2. The van der Waals surface area contributed by atoms with Crippen LogP contribution in [0.2, 0.25) is 0 Å². The Morgan fingerprint density at radius 1 is 1.50 bits per heavy atom. The number of thiophene rings is 1. The fourth-order valence-corrected chi connectivity index (χ4v) is 2.86. The van der Waals surface area contributed by atoms with Gasteiger partial charge in [-0.15, -0.1) is 11.3 Å². The van der Waals surface area contributed by atoms with Gasteiger partial charge in [-0.1, -0.05) is 6.07 Å². The molecule has 1 amide bonds. The number of likely N-dealkylation sites (tertiary alicyclic amines) is 1. The summed E-state index contributed by atoms with van der Waals surface area (Å²) in [6.45, 7) is 0.125. The highest BCUT2D eigenvalue weighted by molar-refractivity contribution is 7.09. The first-order valence-corrected chi connectivity index (χ1v) is 6.68. The molecule has 0 unspecified atom stereocenters. The Balaban J connectivity index is 1.93. The molecule has 1 aliphatic heterocycles. The van der Waals surface area contributed by atoms with Gasteiger partial charge < -0.3 is 15.1 Å². The van der Waals surface area contributed by atoms with E-state index in [1.165, 1.54) is 4.90 Å². The number of hydrogen-bond acceptors (Lipinski definition) is 4. The van der Waals surface area contributed by atoms with Crippen molar-refractivity contribution in [3.8, 4) is 0 Å². The largest absolute Gasteiger partial charge is 0.480 e. The normalized spacial score (nSPS) is 23.3. The lowest BCUT2D eigenvalue weighted by Gasteiger charge is -2.20. The molecule has 1 fully saturated rings. The van der Waals surface area contributed by atoms with Crippen molar-refractivity contribution >= 4 is 23.2 Å². The maximum Gasteiger partial charge on any atom is 0.326 e. The van der Waals surface area contributed by atoms with Gasteiger partial charge in [-0.25, -0.2) is 4.79 Å². The Morgan fingerprint density at radius 2 is 2.28 bits per heavy atom. The van der Waals surface area contributed by atoms with E-state index in [0.717, 1.165) is 4.88 Å². The Hall–Kier alpha value is -1.40. The number of aryl methyl sites for hydroxylation is 1. The first-order valence-electron chi connectivity index (χ1n) is 5.80. The molecule has 2 heterocycles. The van der Waals surface area contributed by atoms with Crippen LogP contribution in [-0.2, 0) is 16.0 Å². The van der Waals surface area contributed by atoms with Crippen molar-refractivity contribution in [2.75, 3.05) is 6.54 Å². The van der Waals surface area contributed by atoms with Crippen molar-refractivity contribution in [2.45, 2.75) is 31.4 Å². The SMILES string of the molecule is O=C(O)[C@@H]1C[C@H](O)CN1C(=O)CCc1cccs1. The molecular formula is C12H15NO4S. The number of carbonyl (C=O) groups is 2. The van der Waals surface area contributed by atoms with Crippen LogP contribution in [0.1, 0.15) is 17.7 Å². The third-order valence-electron chi connectivity index (χ3n) is 3.05. The number of carboxylic acids is 1. The van der Waals surface area contributed by atoms with Crippen LogP contribution in [0.4, 0.5) is 0 Å². The molecule has 5 nitrogen and oxygen atoms in total. The first-order chi connectivity index (χ1) is 8.58. The van der Waals surface area contributed by atoms with Gasteiger partial charge in [0.05, 0.1) is 6.10 Å². The topological polar surface area (TPSA) is 77.8 Å². The monoisotopic (exact) mass is 269 g/mol. The number of aliphatic hydroxyl groups is 1. The van der Waals surface area contributed by atoms with Crippen molar-refractivity contribution in [1.82, 2.24) is 4.90 Å². The summed E-state index contributed by atoms with van der Waals surface area (Å²) < 4.78 is 0. The molecule has 18 heavy (non-hydrogen) atoms. The van der Waals surface area contributed by atoms with Gasteiger partial charge in [0.2, 0.25) is 5.91 Å². The van der Waals surface area contributed by atoms with E-state index in [1.807, 2.05) is 17.5 Å². The van der Waals surface area contributed by atoms with Crippen LogP contribution in [0, 0.1) is 0 Å². The maximum atomic E-state index is 12.0. The van der Waals surface area contributed by atoms with Crippen LogP contribution in [0.5, 0.6) is 0 Å². The van der Waals surface area contributed by atoms with Gasteiger partial charge in [0.1, 0.15) is 6.04 Å². The van der Waals surface area contributed by atoms with E-state index in [0.29, 0.717) is 6.42 Å². The zero-order valence-electron chi connectivity index (χ0n) is 9.78. The van der Waals surface area contributed by atoms with Crippen molar-refractivity contribution in [3.05, 3.63) is 22.4 Å². The van der Waals surface area contributed by atoms with Crippen molar-refractivity contribution in [3.63, 3.8) is 0 Å². The van der Waals surface area contributed by atoms with E-state index in [-0.39, 0.29) is 25.3 Å². The van der Waals surface area contributed by atoms with Gasteiger partial charge in [-0.3, -0.25) is 4.79 Å². The molecule has 2 rings (SSSR count). The van der Waals surface area contributed by atoms with E-state index in [1.54, 1.807) is 11.3 Å². The van der Waals surface area contributed by atoms with E-state index in [2.05, 4.69) is 0 Å². The quantitative estimate of drug-likeness (QED) is 0.844. The van der Waals surface area contributed by atoms with Crippen molar-refractivity contribution in [2.24, 2.45) is 0 Å². The number of amides is 1. The van der Waals surface area contributed by atoms with Crippen molar-refractivity contribution in [1.29, 1.82) is 0 Å². The summed E-state index contributed by atoms with van der Waals surface area (Å²) >= 11 is 1.58. The molecule has 0 radical (unpaired) electrons. The average Bonchev–Trinajstić information content (AvgIpc) is 2.94. The Morgan fingerprint density at radius 3 is 2.89 bits per heavy atom. The third-order valence-corrected chi connectivity index (χ3v) is 3.99. The third kappa shape index (κ3) is 2.88. The molecule has 1 aromatic heterocycles. The zero-order chi connectivity index (χ0) is 13.1. The summed E-state index contributed by atoms with van der Waals surface area (Å²) in [5, 5.41) is 20.4. The molecule has 0 spiro atoms. The smallest absolute Gasteiger partial charge is 0.326 e. The maximum absolute atomic E-state index is 12.0. The minimum absolute atomic E-state index is 0.125. The molecule has 0 saturated carbocycles. The molecule has 1 aromatic rings. The Bertz CT molecular complexity index is 431. The van der Waals surface area contributed by atoms with Gasteiger partial charge in [0.15, 0.2) is 0 Å². The fourth-order valence-electron chi connectivity index (χ4n) is 2.15. The average molecular weight is 269 g/mol. The van der Waals surface area contributed by atoms with Crippen LogP contribution >= 0.6 is 11.3 Å². The van der Waals surface area contributed by atoms with Gasteiger partial charge in [-0.05, 0) is 17.9 Å². The predicted molar refractivity (Wildman–Crippen MR) is 66.4 cm³/mol. The van der Waals surface area contributed by atoms with Crippen LogP contribution in [-0.4, -0.2) is 45.7 Å².